The van der Waals surface area contributed by atoms with Crippen LogP contribution in [0.2, 0.25) is 0 Å². The minimum Gasteiger partial charge on any atom is -0.376 e. The van der Waals surface area contributed by atoms with Gasteiger partial charge in [0.2, 0.25) is 0 Å². The topological polar surface area (TPSA) is 86.4 Å². The number of hydrogen-bond acceptors (Lipinski definition) is 6. The molecule has 0 spiro atoms. The molecule has 7 nitrogen and oxygen atoms in total. The van der Waals surface area contributed by atoms with E-state index >= 15 is 0 Å². The zero-order valence-corrected chi connectivity index (χ0v) is 19.2. The van der Waals surface area contributed by atoms with Gasteiger partial charge in [0.15, 0.2) is 0 Å². The number of hydrogen-bond donors (Lipinski definition) is 2. The molecular weight excluding hydrogens is 430 g/mol. The van der Waals surface area contributed by atoms with E-state index in [1.165, 1.54) is 9.75 Å². The normalized spacial score (nSPS) is 11.5. The van der Waals surface area contributed by atoms with Crippen LogP contribution in [-0.4, -0.2) is 44.2 Å². The lowest BCUT2D eigenvalue weighted by molar-refractivity contribution is 1.11. The highest BCUT2D eigenvalue weighted by atomic mass is 32.1. The molecule has 0 fully saturated rings. The highest BCUT2D eigenvalue weighted by Gasteiger charge is 2.16. The van der Waals surface area contributed by atoms with Gasteiger partial charge in [0.1, 0.15) is 5.69 Å². The third-order valence-corrected chi connectivity index (χ3v) is 6.82. The van der Waals surface area contributed by atoms with Crippen LogP contribution in [-0.2, 0) is 0 Å². The molecule has 0 atom stereocenters. The number of anilines is 1. The molecule has 0 saturated carbocycles. The van der Waals surface area contributed by atoms with Crippen LogP contribution < -0.4 is 4.90 Å². The summed E-state index contributed by atoms with van der Waals surface area (Å²) >= 11 is 1.77. The van der Waals surface area contributed by atoms with Crippen LogP contribution in [0, 0.1) is 6.92 Å². The minimum absolute atomic E-state index is 0.855. The van der Waals surface area contributed by atoms with Gasteiger partial charge in [-0.2, -0.15) is 5.10 Å². The average molecular weight is 452 g/mol. The van der Waals surface area contributed by atoms with E-state index in [2.05, 4.69) is 67.4 Å². The summed E-state index contributed by atoms with van der Waals surface area (Å²) in [5.74, 6) is 0. The SMILES string of the molecule is Cc1ccc(-c2cncc3[nH]c(-c4n[nH]c5cnc(-c6cncc(N(C)C)c6)cc45)cc23)s1. The second-order valence-corrected chi connectivity index (χ2v) is 9.54. The number of fused-ring (bicyclic) bond motifs is 2. The number of aromatic nitrogens is 6. The van der Waals surface area contributed by atoms with Gasteiger partial charge >= 0.3 is 0 Å². The van der Waals surface area contributed by atoms with E-state index in [9.17, 15) is 0 Å². The van der Waals surface area contributed by atoms with Gasteiger partial charge in [0, 0.05) is 58.1 Å². The van der Waals surface area contributed by atoms with Crippen molar-refractivity contribution in [2.75, 3.05) is 19.0 Å². The fraction of sp³-hybridized carbons (Fsp3) is 0.120. The maximum absolute atomic E-state index is 4.63. The molecule has 8 heteroatoms. The average Bonchev–Trinajstić information content (AvgIpc) is 3.55. The Morgan fingerprint density at radius 2 is 1.76 bits per heavy atom. The molecule has 6 heterocycles. The Bertz CT molecular complexity index is 1620. The number of nitrogens with one attached hydrogen (secondary N) is 2. The predicted octanol–water partition coefficient (Wildman–Crippen LogP) is 5.67. The summed E-state index contributed by atoms with van der Waals surface area (Å²) in [6.07, 6.45) is 9.30. The summed E-state index contributed by atoms with van der Waals surface area (Å²) < 4.78 is 0. The molecular formula is C25H21N7S. The first-order chi connectivity index (χ1) is 16.1. The standard InChI is InChI=1S/C25H21N7S/c1-14-4-5-24(33-14)19-11-27-12-22-17(19)7-21(29-22)25-18-8-20(28-13-23(18)30-31-25)15-6-16(32(2)3)10-26-9-15/h4-13,29H,1-3H3,(H,30,31). The van der Waals surface area contributed by atoms with Crippen molar-refractivity contribution in [3.8, 4) is 33.1 Å². The first-order valence-corrected chi connectivity index (χ1v) is 11.4. The van der Waals surface area contributed by atoms with Crippen molar-refractivity contribution in [2.45, 2.75) is 6.92 Å². The van der Waals surface area contributed by atoms with Crippen molar-refractivity contribution in [1.29, 1.82) is 0 Å². The Labute approximate surface area is 194 Å². The second kappa shape index (κ2) is 7.53. The first-order valence-electron chi connectivity index (χ1n) is 10.6. The first kappa shape index (κ1) is 19.6. The lowest BCUT2D eigenvalue weighted by Crippen LogP contribution is -2.08. The van der Waals surface area contributed by atoms with Crippen molar-refractivity contribution in [3.63, 3.8) is 0 Å². The molecule has 33 heavy (non-hydrogen) atoms. The van der Waals surface area contributed by atoms with Crippen LogP contribution in [0.4, 0.5) is 5.69 Å². The molecule has 0 aliphatic heterocycles. The smallest absolute Gasteiger partial charge is 0.116 e. The Morgan fingerprint density at radius 1 is 0.879 bits per heavy atom. The molecule has 0 aromatic carbocycles. The van der Waals surface area contributed by atoms with Crippen LogP contribution >= 0.6 is 11.3 Å². The molecule has 0 saturated heterocycles. The maximum atomic E-state index is 4.63. The molecule has 2 N–H and O–H groups in total. The zero-order chi connectivity index (χ0) is 22.5. The van der Waals surface area contributed by atoms with Crippen molar-refractivity contribution in [3.05, 3.63) is 66.2 Å². The van der Waals surface area contributed by atoms with Crippen LogP contribution in [0.25, 0.3) is 54.9 Å². The summed E-state index contributed by atoms with van der Waals surface area (Å²) in [7, 11) is 4.00. The maximum Gasteiger partial charge on any atom is 0.116 e. The Hall–Kier alpha value is -4.04. The van der Waals surface area contributed by atoms with E-state index in [0.29, 0.717) is 0 Å². The summed E-state index contributed by atoms with van der Waals surface area (Å²) in [5.41, 5.74) is 7.65. The van der Waals surface area contributed by atoms with Crippen LogP contribution in [0.15, 0.2) is 61.3 Å². The van der Waals surface area contributed by atoms with Gasteiger partial charge in [-0.3, -0.25) is 20.1 Å². The lowest BCUT2D eigenvalue weighted by atomic mass is 10.1. The summed E-state index contributed by atoms with van der Waals surface area (Å²) in [4.78, 5) is 21.5. The highest BCUT2D eigenvalue weighted by Crippen LogP contribution is 2.36. The van der Waals surface area contributed by atoms with Crippen molar-refractivity contribution >= 4 is 38.8 Å². The monoisotopic (exact) mass is 451 g/mol. The molecule has 0 aliphatic rings. The minimum atomic E-state index is 0.855. The number of nitrogens with zero attached hydrogens (tertiary/aromatic N) is 5. The van der Waals surface area contributed by atoms with Gasteiger partial charge in [-0.25, -0.2) is 0 Å². The van der Waals surface area contributed by atoms with E-state index in [1.54, 1.807) is 11.3 Å². The largest absolute Gasteiger partial charge is 0.376 e. The van der Waals surface area contributed by atoms with Crippen molar-refractivity contribution < 1.29 is 0 Å². The number of H-pyrrole nitrogens is 2. The Balaban J connectivity index is 1.48. The van der Waals surface area contributed by atoms with Crippen LogP contribution in [0.3, 0.4) is 0 Å². The third-order valence-electron chi connectivity index (χ3n) is 5.79. The van der Waals surface area contributed by atoms with Crippen LogP contribution in [0.1, 0.15) is 4.88 Å². The molecule has 6 rings (SSSR count). The van der Waals surface area contributed by atoms with Crippen LogP contribution in [0.5, 0.6) is 0 Å². The third kappa shape index (κ3) is 3.35. The van der Waals surface area contributed by atoms with E-state index in [1.807, 2.05) is 50.0 Å². The number of aryl methyl sites for hydroxylation is 1. The fourth-order valence-corrected chi connectivity index (χ4v) is 4.94. The van der Waals surface area contributed by atoms with E-state index < -0.39 is 0 Å². The fourth-order valence-electron chi connectivity index (χ4n) is 4.05. The Morgan fingerprint density at radius 3 is 2.58 bits per heavy atom. The number of rotatable bonds is 4. The molecule has 0 aliphatic carbocycles. The quantitative estimate of drug-likeness (QED) is 0.361. The highest BCUT2D eigenvalue weighted by molar-refractivity contribution is 7.15. The zero-order valence-electron chi connectivity index (χ0n) is 18.4. The van der Waals surface area contributed by atoms with Crippen molar-refractivity contribution in [1.82, 2.24) is 30.1 Å². The van der Waals surface area contributed by atoms with Gasteiger partial charge in [-0.05, 0) is 37.3 Å². The number of thiophene rings is 1. The molecule has 6 aromatic heterocycles. The van der Waals surface area contributed by atoms with Gasteiger partial charge < -0.3 is 9.88 Å². The summed E-state index contributed by atoms with van der Waals surface area (Å²) in [5, 5.41) is 9.87. The molecule has 162 valence electrons. The second-order valence-electron chi connectivity index (χ2n) is 8.26. The van der Waals surface area contributed by atoms with Gasteiger partial charge in [0.05, 0.1) is 46.7 Å². The molecule has 0 bridgehead atoms. The van der Waals surface area contributed by atoms with Gasteiger partial charge in [0.25, 0.3) is 0 Å². The number of pyridine rings is 3. The van der Waals surface area contributed by atoms with Gasteiger partial charge in [-0.15, -0.1) is 11.3 Å². The predicted molar refractivity (Wildman–Crippen MR) is 135 cm³/mol. The van der Waals surface area contributed by atoms with E-state index in [0.717, 1.165) is 55.7 Å². The summed E-state index contributed by atoms with van der Waals surface area (Å²) in [6, 6.07) is 10.6. The molecule has 0 unspecified atom stereocenters. The Kier molecular flexibility index (Phi) is 4.48. The van der Waals surface area contributed by atoms with E-state index in [4.69, 9.17) is 0 Å². The van der Waals surface area contributed by atoms with Crippen molar-refractivity contribution in [2.24, 2.45) is 0 Å². The molecule has 0 radical (unpaired) electrons. The molecule has 0 amide bonds. The van der Waals surface area contributed by atoms with Gasteiger partial charge in [-0.1, -0.05) is 0 Å². The lowest BCUT2D eigenvalue weighted by Gasteiger charge is -2.12. The molecule has 6 aromatic rings. The number of aromatic amines is 2. The summed E-state index contributed by atoms with van der Waals surface area (Å²) in [6.45, 7) is 2.12. The van der Waals surface area contributed by atoms with E-state index in [-0.39, 0.29) is 0 Å².